The molecular formula is C24H20N4O. The molecule has 3 aromatic heterocycles. The van der Waals surface area contributed by atoms with Gasteiger partial charge in [0.1, 0.15) is 11.3 Å². The van der Waals surface area contributed by atoms with Crippen molar-refractivity contribution in [3.63, 3.8) is 0 Å². The van der Waals surface area contributed by atoms with Crippen LogP contribution in [0, 0.1) is 6.92 Å². The van der Waals surface area contributed by atoms with Crippen LogP contribution < -0.4 is 5.32 Å². The van der Waals surface area contributed by atoms with Gasteiger partial charge in [0.2, 0.25) is 0 Å². The first kappa shape index (κ1) is 17.4. The van der Waals surface area contributed by atoms with E-state index in [9.17, 15) is 0 Å². The minimum Gasteiger partial charge on any atom is -0.459 e. The molecule has 0 radical (unpaired) electrons. The van der Waals surface area contributed by atoms with Crippen molar-refractivity contribution in [3.05, 3.63) is 95.6 Å². The number of para-hydroxylation sites is 1. The molecule has 5 heteroatoms. The first-order chi connectivity index (χ1) is 14.3. The van der Waals surface area contributed by atoms with Crippen LogP contribution in [-0.4, -0.2) is 15.2 Å². The van der Waals surface area contributed by atoms with Crippen LogP contribution in [0.5, 0.6) is 0 Å². The molecule has 0 fully saturated rings. The Morgan fingerprint density at radius 1 is 0.897 bits per heavy atom. The summed E-state index contributed by atoms with van der Waals surface area (Å²) in [7, 11) is 0. The topological polar surface area (TPSA) is 63.8 Å². The Hall–Kier alpha value is -3.73. The second-order valence-electron chi connectivity index (χ2n) is 7.13. The SMILES string of the molecule is Cc1cc(Cc2nnc(NCc3cc4ccccc4o3)c3ccccc23)ccn1. The zero-order chi connectivity index (χ0) is 19.6. The van der Waals surface area contributed by atoms with Crippen molar-refractivity contribution in [2.75, 3.05) is 5.32 Å². The number of furan rings is 1. The van der Waals surface area contributed by atoms with Crippen molar-refractivity contribution >= 4 is 27.6 Å². The summed E-state index contributed by atoms with van der Waals surface area (Å²) >= 11 is 0. The standard InChI is InChI=1S/C24H20N4O/c1-16-12-17(10-11-25-16)13-22-20-7-3-4-8-21(20)24(28-27-22)26-15-19-14-18-6-2-5-9-23(18)29-19/h2-12,14H,13,15H2,1H3,(H,26,28). The molecule has 1 N–H and O–H groups in total. The lowest BCUT2D eigenvalue weighted by molar-refractivity contribution is 0.559. The van der Waals surface area contributed by atoms with Crippen LogP contribution in [-0.2, 0) is 13.0 Å². The largest absolute Gasteiger partial charge is 0.459 e. The lowest BCUT2D eigenvalue weighted by Crippen LogP contribution is -2.05. The number of rotatable bonds is 5. The molecule has 5 aromatic rings. The van der Waals surface area contributed by atoms with Crippen LogP contribution in [0.25, 0.3) is 21.7 Å². The number of hydrogen-bond donors (Lipinski definition) is 1. The Kier molecular flexibility index (Phi) is 4.41. The number of aryl methyl sites for hydroxylation is 1. The van der Waals surface area contributed by atoms with Gasteiger partial charge in [-0.2, -0.15) is 5.10 Å². The van der Waals surface area contributed by atoms with E-state index in [0.29, 0.717) is 6.54 Å². The van der Waals surface area contributed by atoms with Gasteiger partial charge in [-0.3, -0.25) is 4.98 Å². The van der Waals surface area contributed by atoms with E-state index in [-0.39, 0.29) is 0 Å². The van der Waals surface area contributed by atoms with Gasteiger partial charge in [0, 0.05) is 34.5 Å². The number of anilines is 1. The fourth-order valence-corrected chi connectivity index (χ4v) is 3.62. The van der Waals surface area contributed by atoms with Crippen molar-refractivity contribution in [2.45, 2.75) is 19.9 Å². The predicted octanol–water partition coefficient (Wildman–Crippen LogP) is 5.28. The first-order valence-electron chi connectivity index (χ1n) is 9.63. The average Bonchev–Trinajstić information content (AvgIpc) is 3.16. The molecule has 0 saturated heterocycles. The lowest BCUT2D eigenvalue weighted by Gasteiger charge is -2.10. The summed E-state index contributed by atoms with van der Waals surface area (Å²) < 4.78 is 5.90. The van der Waals surface area contributed by atoms with Gasteiger partial charge in [0.15, 0.2) is 5.82 Å². The molecule has 29 heavy (non-hydrogen) atoms. The lowest BCUT2D eigenvalue weighted by atomic mass is 10.0. The van der Waals surface area contributed by atoms with Crippen molar-refractivity contribution in [1.29, 1.82) is 0 Å². The predicted molar refractivity (Wildman–Crippen MR) is 115 cm³/mol. The number of aromatic nitrogens is 3. The Bertz CT molecular complexity index is 1280. The fraction of sp³-hybridized carbons (Fsp3) is 0.125. The number of hydrogen-bond acceptors (Lipinski definition) is 5. The number of nitrogens with one attached hydrogen (secondary N) is 1. The molecule has 0 aliphatic heterocycles. The summed E-state index contributed by atoms with van der Waals surface area (Å²) in [6.07, 6.45) is 2.56. The van der Waals surface area contributed by atoms with Gasteiger partial charge in [-0.15, -0.1) is 5.10 Å². The summed E-state index contributed by atoms with van der Waals surface area (Å²) in [4.78, 5) is 4.27. The molecule has 0 amide bonds. The van der Waals surface area contributed by atoms with E-state index in [2.05, 4.69) is 44.8 Å². The third-order valence-electron chi connectivity index (χ3n) is 5.00. The molecule has 0 aliphatic rings. The van der Waals surface area contributed by atoms with Gasteiger partial charge in [-0.05, 0) is 36.8 Å². The molecule has 5 rings (SSSR count). The van der Waals surface area contributed by atoms with Crippen LogP contribution >= 0.6 is 0 Å². The number of nitrogens with zero attached hydrogens (tertiary/aromatic N) is 3. The van der Waals surface area contributed by atoms with E-state index in [1.807, 2.05) is 55.6 Å². The van der Waals surface area contributed by atoms with Gasteiger partial charge in [0.05, 0.1) is 12.2 Å². The molecule has 3 heterocycles. The Balaban J connectivity index is 1.44. The van der Waals surface area contributed by atoms with E-state index in [1.54, 1.807) is 0 Å². The quantitative estimate of drug-likeness (QED) is 0.449. The smallest absolute Gasteiger partial charge is 0.156 e. The zero-order valence-corrected chi connectivity index (χ0v) is 16.1. The maximum Gasteiger partial charge on any atom is 0.156 e. The van der Waals surface area contributed by atoms with Gasteiger partial charge >= 0.3 is 0 Å². The van der Waals surface area contributed by atoms with Crippen LogP contribution in [0.2, 0.25) is 0 Å². The van der Waals surface area contributed by atoms with E-state index in [4.69, 9.17) is 4.42 Å². The molecule has 0 spiro atoms. The number of pyridine rings is 1. The van der Waals surface area contributed by atoms with Gasteiger partial charge in [-0.25, -0.2) is 0 Å². The monoisotopic (exact) mass is 380 g/mol. The summed E-state index contributed by atoms with van der Waals surface area (Å²) in [5.74, 6) is 1.63. The minimum absolute atomic E-state index is 0.552. The van der Waals surface area contributed by atoms with Gasteiger partial charge in [-0.1, -0.05) is 42.5 Å². The third-order valence-corrected chi connectivity index (χ3v) is 5.00. The summed E-state index contributed by atoms with van der Waals surface area (Å²) in [6.45, 7) is 2.55. The van der Waals surface area contributed by atoms with Crippen molar-refractivity contribution in [3.8, 4) is 0 Å². The normalized spacial score (nSPS) is 11.2. The average molecular weight is 380 g/mol. The van der Waals surface area contributed by atoms with E-state index >= 15 is 0 Å². The highest BCUT2D eigenvalue weighted by Gasteiger charge is 2.11. The first-order valence-corrected chi connectivity index (χ1v) is 9.63. The summed E-state index contributed by atoms with van der Waals surface area (Å²) in [5.41, 5.74) is 4.03. The minimum atomic E-state index is 0.552. The van der Waals surface area contributed by atoms with Crippen LogP contribution in [0.4, 0.5) is 5.82 Å². The Morgan fingerprint density at radius 2 is 1.72 bits per heavy atom. The molecular weight excluding hydrogens is 360 g/mol. The van der Waals surface area contributed by atoms with Crippen LogP contribution in [0.1, 0.15) is 22.7 Å². The summed E-state index contributed by atoms with van der Waals surface area (Å²) in [5, 5.41) is 15.6. The van der Waals surface area contributed by atoms with E-state index < -0.39 is 0 Å². The molecule has 2 aromatic carbocycles. The Labute approximate surface area is 168 Å². The zero-order valence-electron chi connectivity index (χ0n) is 16.1. The molecule has 0 aliphatic carbocycles. The second-order valence-corrected chi connectivity index (χ2v) is 7.13. The molecule has 0 bridgehead atoms. The van der Waals surface area contributed by atoms with E-state index in [0.717, 1.165) is 51.1 Å². The number of fused-ring (bicyclic) bond motifs is 2. The van der Waals surface area contributed by atoms with Crippen molar-refractivity contribution in [1.82, 2.24) is 15.2 Å². The molecule has 0 atom stereocenters. The van der Waals surface area contributed by atoms with Crippen LogP contribution in [0.15, 0.2) is 77.3 Å². The molecule has 5 nitrogen and oxygen atoms in total. The molecule has 0 saturated carbocycles. The van der Waals surface area contributed by atoms with Crippen molar-refractivity contribution < 1.29 is 4.42 Å². The number of benzene rings is 2. The van der Waals surface area contributed by atoms with Gasteiger partial charge < -0.3 is 9.73 Å². The third kappa shape index (κ3) is 3.55. The molecule has 142 valence electrons. The van der Waals surface area contributed by atoms with Crippen molar-refractivity contribution in [2.24, 2.45) is 0 Å². The van der Waals surface area contributed by atoms with E-state index in [1.165, 1.54) is 5.56 Å². The maximum atomic E-state index is 5.90. The highest BCUT2D eigenvalue weighted by Crippen LogP contribution is 2.26. The summed E-state index contributed by atoms with van der Waals surface area (Å²) in [6, 6.07) is 22.4. The highest BCUT2D eigenvalue weighted by molar-refractivity contribution is 5.93. The maximum absolute atomic E-state index is 5.90. The molecule has 0 unspecified atom stereocenters. The fourth-order valence-electron chi connectivity index (χ4n) is 3.62. The Morgan fingerprint density at radius 3 is 2.59 bits per heavy atom. The highest BCUT2D eigenvalue weighted by atomic mass is 16.3. The second kappa shape index (κ2) is 7.36. The van der Waals surface area contributed by atoms with Crippen LogP contribution in [0.3, 0.4) is 0 Å². The van der Waals surface area contributed by atoms with Gasteiger partial charge in [0.25, 0.3) is 0 Å².